The average molecular weight is 360 g/mol. The van der Waals surface area contributed by atoms with Crippen molar-refractivity contribution < 1.29 is 9.53 Å². The Morgan fingerprint density at radius 3 is 2.76 bits per heavy atom. The van der Waals surface area contributed by atoms with E-state index >= 15 is 0 Å². The Labute approximate surface area is 152 Å². The normalized spacial score (nSPS) is 21.3. The molecule has 5 nitrogen and oxygen atoms in total. The lowest BCUT2D eigenvalue weighted by Gasteiger charge is -2.39. The number of ether oxygens (including phenoxy) is 1. The van der Waals surface area contributed by atoms with Crippen LogP contribution >= 0.6 is 11.6 Å². The molecule has 1 aliphatic carbocycles. The number of amides is 1. The van der Waals surface area contributed by atoms with Gasteiger partial charge in [-0.3, -0.25) is 9.48 Å². The molecule has 2 aromatic rings. The Kier molecular flexibility index (Phi) is 4.08. The van der Waals surface area contributed by atoms with Gasteiger partial charge in [0.1, 0.15) is 0 Å². The minimum absolute atomic E-state index is 0.0217. The Morgan fingerprint density at radius 2 is 2.08 bits per heavy atom. The molecule has 1 aromatic carbocycles. The molecule has 1 atom stereocenters. The van der Waals surface area contributed by atoms with E-state index in [0.29, 0.717) is 10.7 Å². The van der Waals surface area contributed by atoms with Crippen LogP contribution in [-0.4, -0.2) is 28.9 Å². The zero-order chi connectivity index (χ0) is 17.6. The van der Waals surface area contributed by atoms with E-state index in [4.69, 9.17) is 16.3 Å². The molecule has 1 spiro atoms. The van der Waals surface area contributed by atoms with Crippen molar-refractivity contribution in [1.82, 2.24) is 15.1 Å². The van der Waals surface area contributed by atoms with Crippen LogP contribution in [0.3, 0.4) is 0 Å². The van der Waals surface area contributed by atoms with Crippen LogP contribution in [0.2, 0.25) is 5.02 Å². The minimum atomic E-state index is -0.207. The van der Waals surface area contributed by atoms with Gasteiger partial charge in [-0.05, 0) is 37.3 Å². The summed E-state index contributed by atoms with van der Waals surface area (Å²) >= 11 is 6.31. The second kappa shape index (κ2) is 6.15. The van der Waals surface area contributed by atoms with Crippen LogP contribution in [0, 0.1) is 12.3 Å². The number of carbonyl (C=O) groups excluding carboxylic acids is 1. The van der Waals surface area contributed by atoms with Gasteiger partial charge in [0.05, 0.1) is 16.8 Å². The van der Waals surface area contributed by atoms with E-state index in [1.165, 1.54) is 11.1 Å². The van der Waals surface area contributed by atoms with Crippen molar-refractivity contribution in [3.63, 3.8) is 0 Å². The van der Waals surface area contributed by atoms with Crippen LogP contribution in [-0.2, 0) is 18.2 Å². The fourth-order valence-corrected chi connectivity index (χ4v) is 4.44. The van der Waals surface area contributed by atoms with Gasteiger partial charge in [0.25, 0.3) is 5.91 Å². The third-order valence-electron chi connectivity index (χ3n) is 5.76. The number of benzene rings is 1. The first-order chi connectivity index (χ1) is 12.0. The first-order valence-corrected chi connectivity index (χ1v) is 9.05. The van der Waals surface area contributed by atoms with E-state index in [1.807, 2.05) is 13.0 Å². The molecule has 0 unspecified atom stereocenters. The van der Waals surface area contributed by atoms with Crippen LogP contribution in [0.15, 0.2) is 24.3 Å². The summed E-state index contributed by atoms with van der Waals surface area (Å²) < 4.78 is 7.22. The number of aromatic nitrogens is 2. The predicted octanol–water partition coefficient (Wildman–Crippen LogP) is 3.21. The number of rotatable bonds is 2. The number of aryl methyl sites for hydroxylation is 1. The fourth-order valence-electron chi connectivity index (χ4n) is 4.19. The molecule has 4 rings (SSSR count). The second-order valence-electron chi connectivity index (χ2n) is 7.13. The lowest BCUT2D eigenvalue weighted by molar-refractivity contribution is 0.000508. The van der Waals surface area contributed by atoms with Crippen molar-refractivity contribution in [2.24, 2.45) is 12.5 Å². The number of hydrogen-bond acceptors (Lipinski definition) is 3. The summed E-state index contributed by atoms with van der Waals surface area (Å²) in [6.45, 7) is 3.34. The summed E-state index contributed by atoms with van der Waals surface area (Å²) in [5.41, 5.74) is 3.64. The monoisotopic (exact) mass is 359 g/mol. The standard InChI is InChI=1S/C19H22ClN3O2/c1-12-15(20)16(22-23(12)2)18(24)21-17-14-6-4-3-5-13(14)11-19(17)7-9-25-10-8-19/h3-6,17H,7-11H2,1-2H3,(H,21,24)/t17-/m1/s1. The Balaban J connectivity index is 1.68. The van der Waals surface area contributed by atoms with Crippen molar-refractivity contribution in [1.29, 1.82) is 0 Å². The maximum atomic E-state index is 12.9. The maximum absolute atomic E-state index is 12.9. The fraction of sp³-hybridized carbons (Fsp3) is 0.474. The van der Waals surface area contributed by atoms with Gasteiger partial charge in [-0.25, -0.2) is 0 Å². The SMILES string of the molecule is Cc1c(Cl)c(C(=O)N[C@@H]2c3ccccc3CC23CCOCC3)nn1C. The zero-order valence-electron chi connectivity index (χ0n) is 14.5. The highest BCUT2D eigenvalue weighted by Gasteiger charge is 2.47. The number of fused-ring (bicyclic) bond motifs is 1. The predicted molar refractivity (Wildman–Crippen MR) is 95.8 cm³/mol. The number of nitrogens with zero attached hydrogens (tertiary/aromatic N) is 2. The highest BCUT2D eigenvalue weighted by atomic mass is 35.5. The molecule has 2 aliphatic rings. The van der Waals surface area contributed by atoms with Crippen LogP contribution in [0.5, 0.6) is 0 Å². The van der Waals surface area contributed by atoms with Gasteiger partial charge in [-0.1, -0.05) is 35.9 Å². The highest BCUT2D eigenvalue weighted by molar-refractivity contribution is 6.34. The molecule has 0 saturated carbocycles. The van der Waals surface area contributed by atoms with E-state index in [2.05, 4.69) is 28.6 Å². The molecule has 0 bridgehead atoms. The van der Waals surface area contributed by atoms with Crippen LogP contribution in [0.25, 0.3) is 0 Å². The molecular weight excluding hydrogens is 338 g/mol. The van der Waals surface area contributed by atoms with Crippen LogP contribution in [0.4, 0.5) is 0 Å². The van der Waals surface area contributed by atoms with E-state index in [9.17, 15) is 4.79 Å². The molecule has 0 radical (unpaired) electrons. The van der Waals surface area contributed by atoms with Gasteiger partial charge in [-0.2, -0.15) is 5.10 Å². The minimum Gasteiger partial charge on any atom is -0.381 e. The van der Waals surface area contributed by atoms with Gasteiger partial charge in [-0.15, -0.1) is 0 Å². The third kappa shape index (κ3) is 2.66. The first kappa shape index (κ1) is 16.6. The molecule has 1 saturated heterocycles. The van der Waals surface area contributed by atoms with Crippen molar-refractivity contribution in [2.75, 3.05) is 13.2 Å². The summed E-state index contributed by atoms with van der Waals surface area (Å²) in [7, 11) is 1.79. The van der Waals surface area contributed by atoms with E-state index in [-0.39, 0.29) is 17.4 Å². The summed E-state index contributed by atoms with van der Waals surface area (Å²) in [4.78, 5) is 12.9. The molecule has 1 amide bonds. The summed E-state index contributed by atoms with van der Waals surface area (Å²) in [5, 5.41) is 7.95. The maximum Gasteiger partial charge on any atom is 0.273 e. The molecule has 1 N–H and O–H groups in total. The number of nitrogens with one attached hydrogen (secondary N) is 1. The van der Waals surface area contributed by atoms with E-state index < -0.39 is 0 Å². The van der Waals surface area contributed by atoms with Gasteiger partial charge in [0.15, 0.2) is 5.69 Å². The molecule has 25 heavy (non-hydrogen) atoms. The third-order valence-corrected chi connectivity index (χ3v) is 6.21. The van der Waals surface area contributed by atoms with Crippen molar-refractivity contribution in [2.45, 2.75) is 32.2 Å². The van der Waals surface area contributed by atoms with Crippen LogP contribution < -0.4 is 5.32 Å². The van der Waals surface area contributed by atoms with Crippen molar-refractivity contribution >= 4 is 17.5 Å². The summed E-state index contributed by atoms with van der Waals surface area (Å²) in [6, 6.07) is 8.36. The topological polar surface area (TPSA) is 56.1 Å². The Morgan fingerprint density at radius 1 is 1.36 bits per heavy atom. The lowest BCUT2D eigenvalue weighted by Crippen LogP contribution is -2.42. The van der Waals surface area contributed by atoms with Crippen LogP contribution in [0.1, 0.15) is 46.2 Å². The lowest BCUT2D eigenvalue weighted by atomic mass is 9.74. The van der Waals surface area contributed by atoms with Gasteiger partial charge >= 0.3 is 0 Å². The molecule has 132 valence electrons. The van der Waals surface area contributed by atoms with E-state index in [1.54, 1.807) is 11.7 Å². The number of carbonyl (C=O) groups is 1. The molecular formula is C19H22ClN3O2. The molecule has 1 aliphatic heterocycles. The molecule has 1 fully saturated rings. The van der Waals surface area contributed by atoms with Crippen molar-refractivity contribution in [3.05, 3.63) is 51.8 Å². The quantitative estimate of drug-likeness (QED) is 0.895. The molecule has 1 aromatic heterocycles. The summed E-state index contributed by atoms with van der Waals surface area (Å²) in [5.74, 6) is -0.207. The number of halogens is 1. The first-order valence-electron chi connectivity index (χ1n) is 8.67. The largest absolute Gasteiger partial charge is 0.381 e. The Hall–Kier alpha value is -1.85. The molecule has 2 heterocycles. The van der Waals surface area contributed by atoms with Crippen molar-refractivity contribution in [3.8, 4) is 0 Å². The zero-order valence-corrected chi connectivity index (χ0v) is 15.3. The van der Waals surface area contributed by atoms with Gasteiger partial charge < -0.3 is 10.1 Å². The Bertz CT molecular complexity index is 824. The summed E-state index contributed by atoms with van der Waals surface area (Å²) in [6.07, 6.45) is 2.87. The number of hydrogen-bond donors (Lipinski definition) is 1. The second-order valence-corrected chi connectivity index (χ2v) is 7.51. The van der Waals surface area contributed by atoms with E-state index in [0.717, 1.165) is 38.2 Å². The highest BCUT2D eigenvalue weighted by Crippen LogP contribution is 2.51. The van der Waals surface area contributed by atoms with Gasteiger partial charge in [0, 0.05) is 25.7 Å². The molecule has 6 heteroatoms. The average Bonchev–Trinajstić information content (AvgIpc) is 3.05. The van der Waals surface area contributed by atoms with Gasteiger partial charge in [0.2, 0.25) is 0 Å². The smallest absolute Gasteiger partial charge is 0.273 e.